The molecule has 1 aliphatic rings. The summed E-state index contributed by atoms with van der Waals surface area (Å²) in [5.74, 6) is 0.861. The van der Waals surface area contributed by atoms with E-state index in [-0.39, 0.29) is 17.8 Å². The summed E-state index contributed by atoms with van der Waals surface area (Å²) in [7, 11) is 0. The Kier molecular flexibility index (Phi) is 5.36. The number of H-pyrrole nitrogens is 1. The predicted molar refractivity (Wildman–Crippen MR) is 95.1 cm³/mol. The minimum Gasteiger partial charge on any atom is -0.466 e. The number of nitrogens with one attached hydrogen (secondary N) is 1. The van der Waals surface area contributed by atoms with E-state index in [1.54, 1.807) is 0 Å². The molecule has 0 radical (unpaired) electrons. The number of esters is 1. The summed E-state index contributed by atoms with van der Waals surface area (Å²) < 4.78 is 5.07. The third-order valence-electron chi connectivity index (χ3n) is 4.75. The van der Waals surface area contributed by atoms with Gasteiger partial charge in [-0.15, -0.1) is 0 Å². The monoisotopic (exact) mass is 343 g/mol. The standard InChI is InChI=1S/C19H25N3O3/c1-3-17-20-15-6-5-13(11-16(15)21-17)12-18(23)22-9-7-14(8-10-22)19(24)25-4-2/h5-6,11,14H,3-4,7-10,12H2,1-2H3,(H,20,21). The number of hydrogen-bond acceptors (Lipinski definition) is 4. The van der Waals surface area contributed by atoms with Gasteiger partial charge in [-0.2, -0.15) is 0 Å². The first-order chi connectivity index (χ1) is 12.1. The molecule has 1 amide bonds. The summed E-state index contributed by atoms with van der Waals surface area (Å²) >= 11 is 0. The second-order valence-corrected chi connectivity index (χ2v) is 6.47. The van der Waals surface area contributed by atoms with Gasteiger partial charge in [0.2, 0.25) is 5.91 Å². The predicted octanol–water partition coefficient (Wildman–Crippen LogP) is 2.47. The molecule has 1 aromatic heterocycles. The molecule has 1 N–H and O–H groups in total. The lowest BCUT2D eigenvalue weighted by molar-refractivity contribution is -0.151. The topological polar surface area (TPSA) is 75.3 Å². The molecule has 25 heavy (non-hydrogen) atoms. The van der Waals surface area contributed by atoms with Gasteiger partial charge < -0.3 is 14.6 Å². The quantitative estimate of drug-likeness (QED) is 0.846. The molecule has 2 heterocycles. The maximum Gasteiger partial charge on any atom is 0.309 e. The van der Waals surface area contributed by atoms with E-state index >= 15 is 0 Å². The largest absolute Gasteiger partial charge is 0.466 e. The zero-order chi connectivity index (χ0) is 17.8. The molecule has 0 spiro atoms. The highest BCUT2D eigenvalue weighted by molar-refractivity contribution is 5.82. The number of carbonyl (C=O) groups is 2. The molecule has 6 nitrogen and oxygen atoms in total. The first-order valence-corrected chi connectivity index (χ1v) is 9.02. The number of carbonyl (C=O) groups excluding carboxylic acids is 2. The molecule has 3 rings (SSSR count). The second-order valence-electron chi connectivity index (χ2n) is 6.47. The first kappa shape index (κ1) is 17.5. The number of amides is 1. The molecular formula is C19H25N3O3. The molecule has 0 aliphatic carbocycles. The van der Waals surface area contributed by atoms with Crippen molar-refractivity contribution >= 4 is 22.9 Å². The van der Waals surface area contributed by atoms with Crippen molar-refractivity contribution in [2.45, 2.75) is 39.5 Å². The molecular weight excluding hydrogens is 318 g/mol. The summed E-state index contributed by atoms with van der Waals surface area (Å²) in [6, 6.07) is 5.93. The number of likely N-dealkylation sites (tertiary alicyclic amines) is 1. The van der Waals surface area contributed by atoms with E-state index in [0.29, 0.717) is 39.0 Å². The zero-order valence-corrected chi connectivity index (χ0v) is 14.9. The fourth-order valence-electron chi connectivity index (χ4n) is 3.30. The van der Waals surface area contributed by atoms with E-state index in [0.717, 1.165) is 28.8 Å². The van der Waals surface area contributed by atoms with Gasteiger partial charge in [0.05, 0.1) is 30.0 Å². The Morgan fingerprint density at radius 1 is 1.28 bits per heavy atom. The smallest absolute Gasteiger partial charge is 0.309 e. The Bertz CT molecular complexity index is 760. The number of fused-ring (bicyclic) bond motifs is 1. The van der Waals surface area contributed by atoms with Crippen molar-refractivity contribution in [1.82, 2.24) is 14.9 Å². The van der Waals surface area contributed by atoms with Crippen LogP contribution in [-0.2, 0) is 27.2 Å². The zero-order valence-electron chi connectivity index (χ0n) is 14.9. The molecule has 0 saturated carbocycles. The summed E-state index contributed by atoms with van der Waals surface area (Å²) in [4.78, 5) is 34.0. The van der Waals surface area contributed by atoms with Crippen LogP contribution < -0.4 is 0 Å². The number of aryl methyl sites for hydroxylation is 1. The Hall–Kier alpha value is -2.37. The van der Waals surface area contributed by atoms with Crippen LogP contribution in [-0.4, -0.2) is 46.4 Å². The number of ether oxygens (including phenoxy) is 1. The van der Waals surface area contributed by atoms with Crippen LogP contribution in [0.5, 0.6) is 0 Å². The molecule has 0 atom stereocenters. The first-order valence-electron chi connectivity index (χ1n) is 9.02. The van der Waals surface area contributed by atoms with Gasteiger partial charge in [0.1, 0.15) is 5.82 Å². The molecule has 1 aliphatic heterocycles. The average molecular weight is 343 g/mol. The summed E-state index contributed by atoms with van der Waals surface area (Å²) in [6.07, 6.45) is 2.60. The highest BCUT2D eigenvalue weighted by Gasteiger charge is 2.28. The van der Waals surface area contributed by atoms with Crippen LogP contribution in [0.1, 0.15) is 38.1 Å². The van der Waals surface area contributed by atoms with Crippen LogP contribution in [0.4, 0.5) is 0 Å². The van der Waals surface area contributed by atoms with Crippen molar-refractivity contribution in [2.75, 3.05) is 19.7 Å². The van der Waals surface area contributed by atoms with E-state index in [1.165, 1.54) is 0 Å². The van der Waals surface area contributed by atoms with Crippen molar-refractivity contribution in [3.63, 3.8) is 0 Å². The van der Waals surface area contributed by atoms with Crippen LogP contribution in [0.25, 0.3) is 11.0 Å². The molecule has 0 bridgehead atoms. The van der Waals surface area contributed by atoms with Crippen molar-refractivity contribution in [3.05, 3.63) is 29.6 Å². The van der Waals surface area contributed by atoms with Crippen LogP contribution in [0.2, 0.25) is 0 Å². The molecule has 6 heteroatoms. The van der Waals surface area contributed by atoms with Gasteiger partial charge >= 0.3 is 5.97 Å². The van der Waals surface area contributed by atoms with Crippen molar-refractivity contribution in [1.29, 1.82) is 0 Å². The van der Waals surface area contributed by atoms with E-state index in [2.05, 4.69) is 16.9 Å². The lowest BCUT2D eigenvalue weighted by Crippen LogP contribution is -2.41. The molecule has 2 aromatic rings. The fourth-order valence-corrected chi connectivity index (χ4v) is 3.30. The van der Waals surface area contributed by atoms with Gasteiger partial charge in [-0.3, -0.25) is 9.59 Å². The SMILES string of the molecule is CCOC(=O)C1CCN(C(=O)Cc2ccc3nc(CC)[nH]c3c2)CC1. The summed E-state index contributed by atoms with van der Waals surface area (Å²) in [5.41, 5.74) is 2.89. The number of hydrogen-bond donors (Lipinski definition) is 1. The third kappa shape index (κ3) is 4.00. The van der Waals surface area contributed by atoms with Gasteiger partial charge in [0.15, 0.2) is 0 Å². The lowest BCUT2D eigenvalue weighted by atomic mass is 9.96. The fraction of sp³-hybridized carbons (Fsp3) is 0.526. The Labute approximate surface area is 147 Å². The molecule has 0 unspecified atom stereocenters. The van der Waals surface area contributed by atoms with Crippen LogP contribution in [0, 0.1) is 5.92 Å². The Morgan fingerprint density at radius 3 is 2.72 bits per heavy atom. The number of nitrogens with zero attached hydrogens (tertiary/aromatic N) is 2. The minimum absolute atomic E-state index is 0.0715. The molecule has 1 fully saturated rings. The Balaban J connectivity index is 1.58. The number of benzene rings is 1. The van der Waals surface area contributed by atoms with Crippen molar-refractivity contribution in [2.24, 2.45) is 5.92 Å². The maximum absolute atomic E-state index is 12.6. The normalized spacial score (nSPS) is 15.5. The van der Waals surface area contributed by atoms with Crippen LogP contribution in [0.15, 0.2) is 18.2 Å². The van der Waals surface area contributed by atoms with Gasteiger partial charge in [0.25, 0.3) is 0 Å². The highest BCUT2D eigenvalue weighted by Crippen LogP contribution is 2.20. The molecule has 1 aromatic carbocycles. The summed E-state index contributed by atoms with van der Waals surface area (Å²) in [5, 5.41) is 0. The lowest BCUT2D eigenvalue weighted by Gasteiger charge is -2.31. The molecule has 134 valence electrons. The third-order valence-corrected chi connectivity index (χ3v) is 4.75. The van der Waals surface area contributed by atoms with Crippen LogP contribution >= 0.6 is 0 Å². The summed E-state index contributed by atoms with van der Waals surface area (Å²) in [6.45, 7) is 5.52. The van der Waals surface area contributed by atoms with Crippen LogP contribution in [0.3, 0.4) is 0 Å². The van der Waals surface area contributed by atoms with Gasteiger partial charge in [0, 0.05) is 19.5 Å². The average Bonchev–Trinajstić information content (AvgIpc) is 3.04. The minimum atomic E-state index is -0.133. The van der Waals surface area contributed by atoms with Gasteiger partial charge in [-0.05, 0) is 37.5 Å². The van der Waals surface area contributed by atoms with E-state index in [9.17, 15) is 9.59 Å². The number of rotatable bonds is 5. The van der Waals surface area contributed by atoms with E-state index in [1.807, 2.05) is 30.0 Å². The maximum atomic E-state index is 12.6. The van der Waals surface area contributed by atoms with Gasteiger partial charge in [-0.25, -0.2) is 4.98 Å². The number of imidazole rings is 1. The number of piperidine rings is 1. The van der Waals surface area contributed by atoms with Crippen molar-refractivity contribution < 1.29 is 14.3 Å². The number of aromatic amines is 1. The van der Waals surface area contributed by atoms with E-state index in [4.69, 9.17) is 4.74 Å². The Morgan fingerprint density at radius 2 is 2.04 bits per heavy atom. The highest BCUT2D eigenvalue weighted by atomic mass is 16.5. The van der Waals surface area contributed by atoms with E-state index < -0.39 is 0 Å². The molecule has 1 saturated heterocycles. The second kappa shape index (κ2) is 7.68. The van der Waals surface area contributed by atoms with Crippen molar-refractivity contribution in [3.8, 4) is 0 Å². The van der Waals surface area contributed by atoms with Gasteiger partial charge in [-0.1, -0.05) is 13.0 Å². The number of aromatic nitrogens is 2.